The van der Waals surface area contributed by atoms with E-state index in [1.165, 1.54) is 11.3 Å². The van der Waals surface area contributed by atoms with Crippen LogP contribution in [0.25, 0.3) is 10.4 Å². The number of nitrogens with zero attached hydrogens (tertiary/aromatic N) is 1. The van der Waals surface area contributed by atoms with Gasteiger partial charge in [-0.15, -0.1) is 0 Å². The first-order valence-electron chi connectivity index (χ1n) is 6.31. The molecule has 0 amide bonds. The van der Waals surface area contributed by atoms with Crippen LogP contribution in [0.3, 0.4) is 0 Å². The van der Waals surface area contributed by atoms with Gasteiger partial charge >= 0.3 is 0 Å². The van der Waals surface area contributed by atoms with Crippen molar-refractivity contribution >= 4 is 45.2 Å². The van der Waals surface area contributed by atoms with Crippen molar-refractivity contribution in [3.05, 3.63) is 28.9 Å². The first-order chi connectivity index (χ1) is 10.0. The average molecular weight is 343 g/mol. The lowest BCUT2D eigenvalue weighted by Crippen LogP contribution is -2.00. The van der Waals surface area contributed by atoms with Crippen molar-refractivity contribution in [1.82, 2.24) is 4.98 Å². The number of thiazole rings is 1. The zero-order chi connectivity index (χ0) is 15.4. The third kappa shape index (κ3) is 3.90. The van der Waals surface area contributed by atoms with Gasteiger partial charge in [-0.1, -0.05) is 29.0 Å². The third-order valence-electron chi connectivity index (χ3n) is 2.84. The zero-order valence-corrected chi connectivity index (χ0v) is 14.1. The second-order valence-electron chi connectivity index (χ2n) is 4.41. The molecular formula is C14H15ClN2O2S2. The van der Waals surface area contributed by atoms with Crippen LogP contribution in [0.1, 0.15) is 12.1 Å². The van der Waals surface area contributed by atoms with Gasteiger partial charge in [-0.3, -0.25) is 4.21 Å². The monoisotopic (exact) mass is 342 g/mol. The minimum Gasteiger partial charge on any atom is -0.361 e. The molecule has 2 rings (SSSR count). The van der Waals surface area contributed by atoms with Gasteiger partial charge in [0.1, 0.15) is 6.29 Å². The Balaban J connectivity index is 2.31. The molecule has 21 heavy (non-hydrogen) atoms. The van der Waals surface area contributed by atoms with Crippen LogP contribution in [0.2, 0.25) is 5.02 Å². The van der Waals surface area contributed by atoms with Gasteiger partial charge < -0.3 is 10.1 Å². The maximum Gasteiger partial charge on any atom is 0.183 e. The van der Waals surface area contributed by atoms with Crippen LogP contribution in [0.4, 0.5) is 5.13 Å². The molecule has 1 heterocycles. The standard InChI is InChI=1S/C14H15ClN2O2S2/c1-9-13(20-14(17-9)16-6-3-7-18)10-4-5-11(15)12(8-10)21(2)19/h4-5,7-8H,3,6H2,1-2H3,(H,16,17). The van der Waals surface area contributed by atoms with Gasteiger partial charge in [-0.2, -0.15) is 0 Å². The van der Waals surface area contributed by atoms with Crippen LogP contribution in [-0.2, 0) is 15.6 Å². The van der Waals surface area contributed by atoms with Crippen LogP contribution >= 0.6 is 22.9 Å². The predicted octanol–water partition coefficient (Wildman–Crippen LogP) is 3.51. The summed E-state index contributed by atoms with van der Waals surface area (Å²) in [6, 6.07) is 5.49. The van der Waals surface area contributed by atoms with E-state index in [1.807, 2.05) is 19.1 Å². The van der Waals surface area contributed by atoms with Gasteiger partial charge in [-0.25, -0.2) is 4.98 Å². The van der Waals surface area contributed by atoms with E-state index in [0.717, 1.165) is 27.6 Å². The first kappa shape index (κ1) is 16.1. The maximum atomic E-state index is 11.7. The predicted molar refractivity (Wildman–Crippen MR) is 88.8 cm³/mol. The van der Waals surface area contributed by atoms with Gasteiger partial charge in [0, 0.05) is 19.2 Å². The van der Waals surface area contributed by atoms with E-state index >= 15 is 0 Å². The highest BCUT2D eigenvalue weighted by Crippen LogP contribution is 2.35. The number of hydrogen-bond acceptors (Lipinski definition) is 5. The Morgan fingerprint density at radius 2 is 2.24 bits per heavy atom. The normalized spacial score (nSPS) is 12.1. The number of carbonyl (C=O) groups is 1. The van der Waals surface area contributed by atoms with Crippen LogP contribution in [0.5, 0.6) is 0 Å². The lowest BCUT2D eigenvalue weighted by Gasteiger charge is -2.04. The largest absolute Gasteiger partial charge is 0.361 e. The molecule has 0 aliphatic carbocycles. The lowest BCUT2D eigenvalue weighted by atomic mass is 10.2. The van der Waals surface area contributed by atoms with Gasteiger partial charge in [-0.05, 0) is 24.6 Å². The molecule has 0 aliphatic heterocycles. The zero-order valence-electron chi connectivity index (χ0n) is 11.7. The molecule has 2 aromatic rings. The molecule has 1 N–H and O–H groups in total. The van der Waals surface area contributed by atoms with E-state index in [9.17, 15) is 9.00 Å². The van der Waals surface area contributed by atoms with E-state index in [4.69, 9.17) is 11.6 Å². The number of hydrogen-bond donors (Lipinski definition) is 1. The topological polar surface area (TPSA) is 59.1 Å². The molecule has 4 nitrogen and oxygen atoms in total. The summed E-state index contributed by atoms with van der Waals surface area (Å²) >= 11 is 7.57. The highest BCUT2D eigenvalue weighted by molar-refractivity contribution is 7.84. The van der Waals surface area contributed by atoms with Crippen molar-refractivity contribution in [3.63, 3.8) is 0 Å². The number of benzene rings is 1. The fourth-order valence-electron chi connectivity index (χ4n) is 1.84. The number of aromatic nitrogens is 1. The minimum absolute atomic E-state index is 0.452. The summed E-state index contributed by atoms with van der Waals surface area (Å²) in [5.74, 6) is 0. The van der Waals surface area contributed by atoms with Crippen LogP contribution in [0, 0.1) is 6.92 Å². The molecule has 1 unspecified atom stereocenters. The fraction of sp³-hybridized carbons (Fsp3) is 0.286. The molecule has 0 fully saturated rings. The van der Waals surface area contributed by atoms with Crippen LogP contribution < -0.4 is 5.32 Å². The van der Waals surface area contributed by atoms with Crippen molar-refractivity contribution in [1.29, 1.82) is 0 Å². The Hall–Kier alpha value is -1.24. The number of anilines is 1. The molecule has 0 aliphatic rings. The molecular weight excluding hydrogens is 328 g/mol. The molecule has 1 aromatic heterocycles. The highest BCUT2D eigenvalue weighted by atomic mass is 35.5. The minimum atomic E-state index is -1.13. The van der Waals surface area contributed by atoms with Crippen molar-refractivity contribution in [2.75, 3.05) is 18.1 Å². The van der Waals surface area contributed by atoms with Crippen molar-refractivity contribution in [2.24, 2.45) is 0 Å². The number of nitrogens with one attached hydrogen (secondary N) is 1. The van der Waals surface area contributed by atoms with E-state index < -0.39 is 10.8 Å². The quantitative estimate of drug-likeness (QED) is 0.644. The second-order valence-corrected chi connectivity index (χ2v) is 7.17. The summed E-state index contributed by atoms with van der Waals surface area (Å²) in [5, 5.41) is 4.40. The molecule has 112 valence electrons. The molecule has 0 saturated heterocycles. The van der Waals surface area contributed by atoms with E-state index in [-0.39, 0.29) is 0 Å². The van der Waals surface area contributed by atoms with Gasteiger partial charge in [0.25, 0.3) is 0 Å². The van der Waals surface area contributed by atoms with Crippen LogP contribution in [0.15, 0.2) is 23.1 Å². The van der Waals surface area contributed by atoms with Crippen molar-refractivity contribution in [3.8, 4) is 10.4 Å². The number of aldehydes is 1. The molecule has 0 bridgehead atoms. The third-order valence-corrected chi connectivity index (χ3v) is 5.40. The van der Waals surface area contributed by atoms with Crippen LogP contribution in [-0.4, -0.2) is 28.3 Å². The Labute approximate surface area is 135 Å². The summed E-state index contributed by atoms with van der Waals surface area (Å²) in [5.41, 5.74) is 1.84. The summed E-state index contributed by atoms with van der Waals surface area (Å²) < 4.78 is 11.7. The number of rotatable bonds is 6. The van der Waals surface area contributed by atoms with Gasteiger partial charge in [0.15, 0.2) is 5.13 Å². The van der Waals surface area contributed by atoms with Gasteiger partial charge in [0.05, 0.1) is 31.3 Å². The smallest absolute Gasteiger partial charge is 0.183 e. The molecule has 0 spiro atoms. The fourth-order valence-corrected chi connectivity index (χ4v) is 3.91. The SMILES string of the molecule is Cc1nc(NCCC=O)sc1-c1ccc(Cl)c(S(C)=O)c1. The van der Waals surface area contributed by atoms with Gasteiger partial charge in [0.2, 0.25) is 0 Å². The summed E-state index contributed by atoms with van der Waals surface area (Å²) in [6.07, 6.45) is 2.93. The molecule has 0 radical (unpaired) electrons. The number of aryl methyl sites for hydroxylation is 1. The Morgan fingerprint density at radius 1 is 1.48 bits per heavy atom. The van der Waals surface area contributed by atoms with Crippen molar-refractivity contribution < 1.29 is 9.00 Å². The average Bonchev–Trinajstić information content (AvgIpc) is 2.80. The Kier molecular flexibility index (Phi) is 5.50. The Morgan fingerprint density at radius 3 is 2.90 bits per heavy atom. The molecule has 1 atom stereocenters. The van der Waals surface area contributed by atoms with E-state index in [0.29, 0.717) is 22.9 Å². The molecule has 0 saturated carbocycles. The second kappa shape index (κ2) is 7.15. The highest BCUT2D eigenvalue weighted by Gasteiger charge is 2.12. The number of halogens is 1. The maximum absolute atomic E-state index is 11.7. The summed E-state index contributed by atoms with van der Waals surface area (Å²) in [6.45, 7) is 2.49. The van der Waals surface area contributed by atoms with Crippen molar-refractivity contribution in [2.45, 2.75) is 18.2 Å². The lowest BCUT2D eigenvalue weighted by molar-refractivity contribution is -0.107. The summed E-state index contributed by atoms with van der Waals surface area (Å²) in [4.78, 5) is 16.4. The number of carbonyl (C=O) groups excluding carboxylic acids is 1. The summed E-state index contributed by atoms with van der Waals surface area (Å²) in [7, 11) is -1.13. The Bertz CT molecular complexity index is 686. The van der Waals surface area contributed by atoms with E-state index in [2.05, 4.69) is 10.3 Å². The molecule has 1 aromatic carbocycles. The first-order valence-corrected chi connectivity index (χ1v) is 9.06. The molecule has 7 heteroatoms. The van der Waals surface area contributed by atoms with E-state index in [1.54, 1.807) is 12.3 Å².